The summed E-state index contributed by atoms with van der Waals surface area (Å²) >= 11 is 1.35. The molecule has 2 atom stereocenters. The standard InChI is InChI=1S/C27H37N5O5S2/c1-16(2)31-11-10-22-23(15-31)38-27(24(22)26(35)30-29-19(5)33)28-25(34)20-6-8-21(9-7-20)39(36,37)32-13-17(3)12-18(4)14-32/h6-9,16-18H,10-15H2,1-5H3,(H,28,34)(H,29,33)(H,30,35). The third-order valence-electron chi connectivity index (χ3n) is 7.21. The Balaban J connectivity index is 1.56. The number of hydrogen-bond donors (Lipinski definition) is 3. The minimum atomic E-state index is -3.66. The van der Waals surface area contributed by atoms with Gasteiger partial charge >= 0.3 is 0 Å². The molecule has 0 aliphatic carbocycles. The first-order chi connectivity index (χ1) is 18.4. The first-order valence-electron chi connectivity index (χ1n) is 13.2. The Hall–Kier alpha value is -2.80. The van der Waals surface area contributed by atoms with Crippen LogP contribution in [0.2, 0.25) is 0 Å². The van der Waals surface area contributed by atoms with E-state index in [-0.39, 0.29) is 22.3 Å². The third kappa shape index (κ3) is 6.51. The molecule has 1 saturated heterocycles. The zero-order chi connectivity index (χ0) is 28.5. The maximum Gasteiger partial charge on any atom is 0.272 e. The summed E-state index contributed by atoms with van der Waals surface area (Å²) in [6.07, 6.45) is 1.64. The molecule has 3 heterocycles. The van der Waals surface area contributed by atoms with E-state index in [1.54, 1.807) is 0 Å². The van der Waals surface area contributed by atoms with Gasteiger partial charge in [0.05, 0.1) is 10.5 Å². The van der Waals surface area contributed by atoms with E-state index in [4.69, 9.17) is 0 Å². The van der Waals surface area contributed by atoms with Crippen molar-refractivity contribution in [1.82, 2.24) is 20.1 Å². The topological polar surface area (TPSA) is 128 Å². The number of carbonyl (C=O) groups is 3. The SMILES string of the molecule is CC(=O)NNC(=O)c1c(NC(=O)c2ccc(S(=O)(=O)N3CC(C)CC(C)C3)cc2)sc2c1CCN(C(C)C)C2. The number of benzene rings is 1. The normalized spacial score (nSPS) is 20.4. The van der Waals surface area contributed by atoms with Crippen molar-refractivity contribution in [2.45, 2.75) is 64.9 Å². The number of carbonyl (C=O) groups excluding carboxylic acids is 3. The quantitative estimate of drug-likeness (QED) is 0.454. The highest BCUT2D eigenvalue weighted by Crippen LogP contribution is 2.38. The molecule has 1 aromatic carbocycles. The molecule has 3 amide bonds. The smallest absolute Gasteiger partial charge is 0.272 e. The fourth-order valence-corrected chi connectivity index (χ4v) is 8.25. The van der Waals surface area contributed by atoms with Gasteiger partial charge in [0, 0.05) is 49.6 Å². The van der Waals surface area contributed by atoms with Gasteiger partial charge in [0.25, 0.3) is 11.8 Å². The Morgan fingerprint density at radius 3 is 2.23 bits per heavy atom. The fourth-order valence-electron chi connectivity index (χ4n) is 5.30. The summed E-state index contributed by atoms with van der Waals surface area (Å²) in [5.41, 5.74) is 6.21. The minimum absolute atomic E-state index is 0.149. The molecule has 2 aliphatic rings. The van der Waals surface area contributed by atoms with E-state index in [1.165, 1.54) is 46.8 Å². The van der Waals surface area contributed by atoms with Crippen molar-refractivity contribution in [3.05, 3.63) is 45.8 Å². The number of nitrogens with zero attached hydrogens (tertiary/aromatic N) is 2. The molecule has 1 aromatic heterocycles. The molecule has 3 N–H and O–H groups in total. The molecule has 2 unspecified atom stereocenters. The number of amides is 3. The summed E-state index contributed by atoms with van der Waals surface area (Å²) in [6.45, 7) is 12.0. The van der Waals surface area contributed by atoms with Crippen LogP contribution >= 0.6 is 11.3 Å². The summed E-state index contributed by atoms with van der Waals surface area (Å²) in [7, 11) is -3.66. The third-order valence-corrected chi connectivity index (χ3v) is 10.2. The van der Waals surface area contributed by atoms with Gasteiger partial charge in [0.15, 0.2) is 0 Å². The van der Waals surface area contributed by atoms with E-state index in [9.17, 15) is 22.8 Å². The van der Waals surface area contributed by atoms with Gasteiger partial charge in [-0.05, 0) is 68.4 Å². The lowest BCUT2D eigenvalue weighted by atomic mass is 9.94. The van der Waals surface area contributed by atoms with Crippen molar-refractivity contribution in [2.24, 2.45) is 11.8 Å². The number of nitrogens with one attached hydrogen (secondary N) is 3. The maximum absolute atomic E-state index is 13.2. The monoisotopic (exact) mass is 575 g/mol. The van der Waals surface area contributed by atoms with Crippen molar-refractivity contribution >= 4 is 44.1 Å². The fraction of sp³-hybridized carbons (Fsp3) is 0.519. The van der Waals surface area contributed by atoms with E-state index in [0.717, 1.165) is 23.4 Å². The largest absolute Gasteiger partial charge is 0.313 e. The molecular weight excluding hydrogens is 538 g/mol. The molecule has 0 saturated carbocycles. The van der Waals surface area contributed by atoms with Crippen LogP contribution in [0.3, 0.4) is 0 Å². The highest BCUT2D eigenvalue weighted by molar-refractivity contribution is 7.89. The van der Waals surface area contributed by atoms with Crippen LogP contribution in [0.5, 0.6) is 0 Å². The van der Waals surface area contributed by atoms with Crippen molar-refractivity contribution < 1.29 is 22.8 Å². The Bertz CT molecular complexity index is 1340. The van der Waals surface area contributed by atoms with E-state index >= 15 is 0 Å². The van der Waals surface area contributed by atoms with Crippen LogP contribution in [-0.2, 0) is 27.8 Å². The average Bonchev–Trinajstić information content (AvgIpc) is 3.23. The Labute approximate surface area is 234 Å². The van der Waals surface area contributed by atoms with E-state index in [2.05, 4.69) is 48.8 Å². The van der Waals surface area contributed by atoms with Crippen molar-refractivity contribution in [1.29, 1.82) is 0 Å². The summed E-state index contributed by atoms with van der Waals surface area (Å²) < 4.78 is 28.0. The van der Waals surface area contributed by atoms with Crippen LogP contribution in [0, 0.1) is 11.8 Å². The van der Waals surface area contributed by atoms with Crippen LogP contribution < -0.4 is 16.2 Å². The number of rotatable bonds is 6. The molecule has 0 spiro atoms. The Morgan fingerprint density at radius 2 is 1.64 bits per heavy atom. The van der Waals surface area contributed by atoms with Crippen molar-refractivity contribution in [2.75, 3.05) is 25.0 Å². The lowest BCUT2D eigenvalue weighted by Gasteiger charge is -2.34. The molecule has 2 aromatic rings. The lowest BCUT2D eigenvalue weighted by molar-refractivity contribution is -0.119. The highest BCUT2D eigenvalue weighted by Gasteiger charge is 2.32. The molecule has 10 nitrogen and oxygen atoms in total. The zero-order valence-corrected chi connectivity index (χ0v) is 24.7. The van der Waals surface area contributed by atoms with Gasteiger partial charge in [-0.25, -0.2) is 8.42 Å². The van der Waals surface area contributed by atoms with Gasteiger partial charge in [-0.2, -0.15) is 4.31 Å². The van der Waals surface area contributed by atoms with Crippen molar-refractivity contribution in [3.63, 3.8) is 0 Å². The molecule has 39 heavy (non-hydrogen) atoms. The van der Waals surface area contributed by atoms with Gasteiger partial charge in [-0.1, -0.05) is 13.8 Å². The Kier molecular flexibility index (Phi) is 8.79. The number of hydrazine groups is 1. The van der Waals surface area contributed by atoms with Gasteiger partial charge in [0.1, 0.15) is 5.00 Å². The van der Waals surface area contributed by atoms with Crippen LogP contribution in [0.4, 0.5) is 5.00 Å². The van der Waals surface area contributed by atoms with Crippen molar-refractivity contribution in [3.8, 4) is 0 Å². The molecule has 0 radical (unpaired) electrons. The van der Waals surface area contributed by atoms with Crippen LogP contribution in [-0.4, -0.2) is 61.0 Å². The van der Waals surface area contributed by atoms with Crippen LogP contribution in [0.1, 0.15) is 72.2 Å². The van der Waals surface area contributed by atoms with E-state index < -0.39 is 27.7 Å². The minimum Gasteiger partial charge on any atom is -0.313 e. The van der Waals surface area contributed by atoms with Gasteiger partial charge in [-0.15, -0.1) is 11.3 Å². The predicted molar refractivity (Wildman–Crippen MR) is 151 cm³/mol. The van der Waals surface area contributed by atoms with Crippen LogP contribution in [0.15, 0.2) is 29.2 Å². The number of hydrogen-bond acceptors (Lipinski definition) is 7. The number of sulfonamides is 1. The first kappa shape index (κ1) is 29.2. The first-order valence-corrected chi connectivity index (χ1v) is 15.5. The molecular formula is C27H37N5O5S2. The maximum atomic E-state index is 13.2. The Morgan fingerprint density at radius 1 is 1.00 bits per heavy atom. The molecule has 2 aliphatic heterocycles. The average molecular weight is 576 g/mol. The summed E-state index contributed by atoms with van der Waals surface area (Å²) in [4.78, 5) is 41.0. The second-order valence-electron chi connectivity index (χ2n) is 10.9. The van der Waals surface area contributed by atoms with Gasteiger partial charge in [-0.3, -0.25) is 30.1 Å². The summed E-state index contributed by atoms with van der Waals surface area (Å²) in [5, 5.41) is 3.25. The predicted octanol–water partition coefficient (Wildman–Crippen LogP) is 3.21. The van der Waals surface area contributed by atoms with Gasteiger partial charge in [0.2, 0.25) is 15.9 Å². The summed E-state index contributed by atoms with van der Waals surface area (Å²) in [5.74, 6) is -0.785. The van der Waals surface area contributed by atoms with E-state index in [0.29, 0.717) is 42.7 Å². The second kappa shape index (κ2) is 11.7. The molecule has 12 heteroatoms. The molecule has 4 rings (SSSR count). The number of anilines is 1. The summed E-state index contributed by atoms with van der Waals surface area (Å²) in [6, 6.07) is 6.23. The number of fused-ring (bicyclic) bond motifs is 1. The second-order valence-corrected chi connectivity index (χ2v) is 13.9. The van der Waals surface area contributed by atoms with E-state index in [1.807, 2.05) is 0 Å². The molecule has 1 fully saturated rings. The zero-order valence-electron chi connectivity index (χ0n) is 23.0. The molecule has 212 valence electrons. The lowest BCUT2D eigenvalue weighted by Crippen LogP contribution is -2.42. The number of piperidine rings is 1. The van der Waals surface area contributed by atoms with Gasteiger partial charge < -0.3 is 5.32 Å². The van der Waals surface area contributed by atoms with Crippen LogP contribution in [0.25, 0.3) is 0 Å². The molecule has 0 bridgehead atoms. The number of thiophene rings is 1. The highest BCUT2D eigenvalue weighted by atomic mass is 32.2.